The second kappa shape index (κ2) is 8.01. The third-order valence-electron chi connectivity index (χ3n) is 5.25. The zero-order chi connectivity index (χ0) is 18.6. The van der Waals surface area contributed by atoms with Crippen molar-refractivity contribution >= 4 is 12.0 Å². The van der Waals surface area contributed by atoms with Crippen LogP contribution in [0.15, 0.2) is 28.7 Å². The number of anilines is 2. The van der Waals surface area contributed by atoms with Crippen molar-refractivity contribution < 1.29 is 19.0 Å². The average Bonchev–Trinajstić information content (AvgIpc) is 3.13. The number of para-hydroxylation sites is 2. The van der Waals surface area contributed by atoms with Gasteiger partial charge in [-0.3, -0.25) is 4.90 Å². The number of aromatic nitrogens is 2. The Morgan fingerprint density at radius 1 is 1.22 bits per heavy atom. The Bertz CT molecular complexity index is 747. The molecule has 1 aromatic carbocycles. The van der Waals surface area contributed by atoms with Gasteiger partial charge in [0.25, 0.3) is 0 Å². The number of aliphatic hydroxyl groups excluding tert-OH is 1. The fraction of sp³-hybridized carbons (Fsp3) is 0.556. The summed E-state index contributed by atoms with van der Waals surface area (Å²) in [5.41, 5.74) is 5.42. The highest BCUT2D eigenvalue weighted by molar-refractivity contribution is 5.40. The number of fused-ring (bicyclic) bond motifs is 1. The zero-order valence-corrected chi connectivity index (χ0v) is 15.1. The molecule has 0 amide bonds. The number of benzene rings is 1. The molecule has 2 aliphatic heterocycles. The molecule has 0 bridgehead atoms. The minimum atomic E-state index is -0.180. The number of nitrogens with zero attached hydrogens (tertiary/aromatic N) is 3. The Balaban J connectivity index is 1.29. The first-order valence-electron chi connectivity index (χ1n) is 9.29. The first kappa shape index (κ1) is 17.9. The Morgan fingerprint density at radius 2 is 2.00 bits per heavy atom. The summed E-state index contributed by atoms with van der Waals surface area (Å²) in [6.07, 6.45) is 1.84. The van der Waals surface area contributed by atoms with Crippen molar-refractivity contribution in [3.63, 3.8) is 0 Å². The molecule has 2 aromatic rings. The van der Waals surface area contributed by atoms with Crippen LogP contribution in [-0.4, -0.2) is 65.2 Å². The predicted octanol–water partition coefficient (Wildman–Crippen LogP) is 0.977. The standard InChI is InChI=1S/C18H25N5O4/c19-17-21-22-18(27-17)20-9-12-5-7-23(8-6-12)13(10-24)16-11-25-14-3-1-2-4-15(14)26-16/h1-4,12-13,16,24H,5-11H2,(H2,19,21)(H,20,22). The quantitative estimate of drug-likeness (QED) is 0.678. The van der Waals surface area contributed by atoms with Crippen LogP contribution < -0.4 is 20.5 Å². The zero-order valence-electron chi connectivity index (χ0n) is 15.1. The van der Waals surface area contributed by atoms with E-state index in [1.54, 1.807) is 0 Å². The van der Waals surface area contributed by atoms with E-state index in [-0.39, 0.29) is 24.8 Å². The highest BCUT2D eigenvalue weighted by Gasteiger charge is 2.34. The maximum absolute atomic E-state index is 9.97. The van der Waals surface area contributed by atoms with Crippen molar-refractivity contribution in [2.24, 2.45) is 5.92 Å². The van der Waals surface area contributed by atoms with E-state index >= 15 is 0 Å². The van der Waals surface area contributed by atoms with Gasteiger partial charge >= 0.3 is 12.0 Å². The lowest BCUT2D eigenvalue weighted by atomic mass is 9.94. The Kier molecular flexibility index (Phi) is 5.30. The van der Waals surface area contributed by atoms with Crippen LogP contribution in [0.3, 0.4) is 0 Å². The van der Waals surface area contributed by atoms with E-state index in [9.17, 15) is 5.11 Å². The molecule has 9 heteroatoms. The van der Waals surface area contributed by atoms with Crippen LogP contribution in [-0.2, 0) is 0 Å². The third-order valence-corrected chi connectivity index (χ3v) is 5.25. The molecule has 4 rings (SSSR count). The minimum Gasteiger partial charge on any atom is -0.486 e. The van der Waals surface area contributed by atoms with Crippen LogP contribution in [0.5, 0.6) is 11.5 Å². The fourth-order valence-corrected chi connectivity index (χ4v) is 3.72. The number of likely N-dealkylation sites (tertiary alicyclic amines) is 1. The highest BCUT2D eigenvalue weighted by Crippen LogP contribution is 2.33. The normalized spacial score (nSPS) is 21.7. The maximum atomic E-state index is 9.97. The molecule has 27 heavy (non-hydrogen) atoms. The molecule has 0 spiro atoms. The molecule has 0 radical (unpaired) electrons. The molecule has 3 heterocycles. The number of hydrogen-bond acceptors (Lipinski definition) is 9. The molecule has 146 valence electrons. The topological polar surface area (TPSA) is 119 Å². The summed E-state index contributed by atoms with van der Waals surface area (Å²) in [4.78, 5) is 2.29. The van der Waals surface area contributed by atoms with E-state index in [1.165, 1.54) is 0 Å². The van der Waals surface area contributed by atoms with Crippen molar-refractivity contribution in [3.05, 3.63) is 24.3 Å². The largest absolute Gasteiger partial charge is 0.486 e. The third kappa shape index (κ3) is 4.09. The Labute approximate surface area is 157 Å². The van der Waals surface area contributed by atoms with Crippen LogP contribution in [0.4, 0.5) is 12.0 Å². The molecule has 0 saturated carbocycles. The number of piperidine rings is 1. The molecule has 1 fully saturated rings. The lowest BCUT2D eigenvalue weighted by Gasteiger charge is -2.41. The molecule has 9 nitrogen and oxygen atoms in total. The molecule has 1 aromatic heterocycles. The summed E-state index contributed by atoms with van der Waals surface area (Å²) in [7, 11) is 0. The molecule has 2 unspecified atom stereocenters. The van der Waals surface area contributed by atoms with Gasteiger partial charge in [-0.1, -0.05) is 22.3 Å². The second-order valence-corrected chi connectivity index (χ2v) is 6.97. The number of aliphatic hydroxyl groups is 1. The number of nitrogens with one attached hydrogen (secondary N) is 1. The average molecular weight is 375 g/mol. The van der Waals surface area contributed by atoms with E-state index in [4.69, 9.17) is 19.6 Å². The lowest BCUT2D eigenvalue weighted by molar-refractivity contribution is -0.0203. The van der Waals surface area contributed by atoms with Gasteiger partial charge in [0.05, 0.1) is 12.6 Å². The number of ether oxygens (including phenoxy) is 2. The summed E-state index contributed by atoms with van der Waals surface area (Å²) in [6.45, 7) is 3.04. The van der Waals surface area contributed by atoms with E-state index in [0.717, 1.165) is 44.0 Å². The lowest BCUT2D eigenvalue weighted by Crippen LogP contribution is -2.54. The van der Waals surface area contributed by atoms with Gasteiger partial charge in [-0.15, -0.1) is 0 Å². The summed E-state index contributed by atoms with van der Waals surface area (Å²) < 4.78 is 17.0. The molecular formula is C18H25N5O4. The smallest absolute Gasteiger partial charge is 0.316 e. The van der Waals surface area contributed by atoms with Gasteiger partial charge in [-0.2, -0.15) is 0 Å². The Morgan fingerprint density at radius 3 is 2.70 bits per heavy atom. The maximum Gasteiger partial charge on any atom is 0.316 e. The van der Waals surface area contributed by atoms with E-state index < -0.39 is 0 Å². The monoisotopic (exact) mass is 375 g/mol. The molecule has 0 aliphatic carbocycles. The minimum absolute atomic E-state index is 0.0420. The van der Waals surface area contributed by atoms with Gasteiger partial charge in [0.15, 0.2) is 17.6 Å². The van der Waals surface area contributed by atoms with Gasteiger partial charge < -0.3 is 30.0 Å². The second-order valence-electron chi connectivity index (χ2n) is 6.97. The number of rotatable bonds is 6. The summed E-state index contributed by atoms with van der Waals surface area (Å²) >= 11 is 0. The van der Waals surface area contributed by atoms with Crippen molar-refractivity contribution in [2.75, 3.05) is 43.9 Å². The highest BCUT2D eigenvalue weighted by atomic mass is 16.6. The van der Waals surface area contributed by atoms with Crippen LogP contribution >= 0.6 is 0 Å². The van der Waals surface area contributed by atoms with Gasteiger partial charge in [0.2, 0.25) is 0 Å². The van der Waals surface area contributed by atoms with Gasteiger partial charge in [0.1, 0.15) is 6.61 Å². The summed E-state index contributed by atoms with van der Waals surface area (Å²) in [5, 5.41) is 20.5. The molecule has 2 atom stereocenters. The first-order chi connectivity index (χ1) is 13.2. The van der Waals surface area contributed by atoms with Gasteiger partial charge in [-0.05, 0) is 44.0 Å². The van der Waals surface area contributed by atoms with Gasteiger partial charge in [0, 0.05) is 6.54 Å². The van der Waals surface area contributed by atoms with E-state index in [2.05, 4.69) is 20.4 Å². The van der Waals surface area contributed by atoms with Crippen LogP contribution in [0.1, 0.15) is 12.8 Å². The summed E-state index contributed by atoms with van der Waals surface area (Å²) in [5.74, 6) is 2.00. The fourth-order valence-electron chi connectivity index (χ4n) is 3.72. The van der Waals surface area contributed by atoms with Crippen molar-refractivity contribution in [1.82, 2.24) is 15.1 Å². The molecule has 4 N–H and O–H groups in total. The summed E-state index contributed by atoms with van der Waals surface area (Å²) in [6, 6.07) is 7.99. The molecule has 2 aliphatic rings. The van der Waals surface area contributed by atoms with E-state index in [1.807, 2.05) is 24.3 Å². The number of nitrogens with two attached hydrogens (primary N) is 1. The van der Waals surface area contributed by atoms with Crippen LogP contribution in [0.25, 0.3) is 0 Å². The van der Waals surface area contributed by atoms with Crippen molar-refractivity contribution in [3.8, 4) is 11.5 Å². The molecule has 1 saturated heterocycles. The first-order valence-corrected chi connectivity index (χ1v) is 9.29. The van der Waals surface area contributed by atoms with Crippen molar-refractivity contribution in [1.29, 1.82) is 0 Å². The predicted molar refractivity (Wildman–Crippen MR) is 98.7 cm³/mol. The van der Waals surface area contributed by atoms with Gasteiger partial charge in [-0.25, -0.2) is 0 Å². The van der Waals surface area contributed by atoms with E-state index in [0.29, 0.717) is 18.5 Å². The SMILES string of the molecule is Nc1nnc(NCC2CCN(C(CO)C3COc4ccccc4O3)CC2)o1. The van der Waals surface area contributed by atoms with Crippen molar-refractivity contribution in [2.45, 2.75) is 25.0 Å². The van der Waals surface area contributed by atoms with Crippen LogP contribution in [0, 0.1) is 5.92 Å². The Hall–Kier alpha value is -2.52. The number of nitrogen functional groups attached to an aromatic ring is 1. The molecular weight excluding hydrogens is 350 g/mol. The van der Waals surface area contributed by atoms with Crippen LogP contribution in [0.2, 0.25) is 0 Å². The number of hydrogen-bond donors (Lipinski definition) is 3.